The summed E-state index contributed by atoms with van der Waals surface area (Å²) in [5, 5.41) is 18.2. The second kappa shape index (κ2) is 3.85. The minimum absolute atomic E-state index is 0.0267. The monoisotopic (exact) mass is 195 g/mol. The van der Waals surface area contributed by atoms with Crippen LogP contribution in [0.2, 0.25) is 0 Å². The molecule has 0 saturated carbocycles. The molecule has 0 fully saturated rings. The molecule has 0 atom stereocenters. The van der Waals surface area contributed by atoms with Crippen LogP contribution in [0, 0.1) is 11.3 Å². The van der Waals surface area contributed by atoms with E-state index >= 15 is 0 Å². The smallest absolute Gasteiger partial charge is 0.133 e. The van der Waals surface area contributed by atoms with Crippen molar-refractivity contribution in [3.63, 3.8) is 0 Å². The highest BCUT2D eigenvalue weighted by molar-refractivity contribution is 5.66. The van der Waals surface area contributed by atoms with E-state index in [2.05, 4.69) is 0 Å². The van der Waals surface area contributed by atoms with Gasteiger partial charge in [-0.2, -0.15) is 5.26 Å². The van der Waals surface area contributed by atoms with Gasteiger partial charge in [0.1, 0.15) is 11.8 Å². The molecule has 1 N–H and O–H groups in total. The zero-order chi connectivity index (χ0) is 10.7. The molecule has 72 valence electrons. The van der Waals surface area contributed by atoms with Crippen LogP contribution in [-0.4, -0.2) is 5.11 Å². The van der Waals surface area contributed by atoms with Crippen LogP contribution in [-0.2, 0) is 0 Å². The van der Waals surface area contributed by atoms with Crippen molar-refractivity contribution in [2.24, 2.45) is 0 Å². The van der Waals surface area contributed by atoms with E-state index in [1.165, 1.54) is 0 Å². The SMILES string of the molecule is N#Cc1ccc(-c2ccccc2)cc1O. The van der Waals surface area contributed by atoms with E-state index in [1.807, 2.05) is 42.5 Å². The molecule has 0 spiro atoms. The van der Waals surface area contributed by atoms with Gasteiger partial charge in [0.25, 0.3) is 0 Å². The molecule has 0 amide bonds. The Morgan fingerprint density at radius 2 is 1.67 bits per heavy atom. The summed E-state index contributed by atoms with van der Waals surface area (Å²) < 4.78 is 0. The second-order valence-electron chi connectivity index (χ2n) is 3.21. The van der Waals surface area contributed by atoms with Crippen molar-refractivity contribution in [2.75, 3.05) is 0 Å². The van der Waals surface area contributed by atoms with E-state index < -0.39 is 0 Å². The van der Waals surface area contributed by atoms with Crippen molar-refractivity contribution >= 4 is 0 Å². The van der Waals surface area contributed by atoms with Crippen LogP contribution in [0.5, 0.6) is 5.75 Å². The molecule has 2 rings (SSSR count). The van der Waals surface area contributed by atoms with Crippen LogP contribution in [0.1, 0.15) is 5.56 Å². The molecule has 0 bridgehead atoms. The summed E-state index contributed by atoms with van der Waals surface area (Å²) in [4.78, 5) is 0. The molecular formula is C13H9NO. The van der Waals surface area contributed by atoms with Gasteiger partial charge in [-0.1, -0.05) is 36.4 Å². The third-order valence-electron chi connectivity index (χ3n) is 2.23. The maximum absolute atomic E-state index is 9.53. The lowest BCUT2D eigenvalue weighted by Gasteiger charge is -2.02. The number of nitrogens with zero attached hydrogens (tertiary/aromatic N) is 1. The van der Waals surface area contributed by atoms with Gasteiger partial charge in [0.15, 0.2) is 0 Å². The zero-order valence-electron chi connectivity index (χ0n) is 8.01. The predicted molar refractivity (Wildman–Crippen MR) is 58.3 cm³/mol. The molecule has 0 unspecified atom stereocenters. The topological polar surface area (TPSA) is 44.0 Å². The first kappa shape index (κ1) is 9.29. The Morgan fingerprint density at radius 3 is 2.27 bits per heavy atom. The number of hydrogen-bond donors (Lipinski definition) is 1. The van der Waals surface area contributed by atoms with Crippen LogP contribution in [0.4, 0.5) is 0 Å². The van der Waals surface area contributed by atoms with Gasteiger partial charge >= 0.3 is 0 Å². The zero-order valence-corrected chi connectivity index (χ0v) is 8.01. The Hall–Kier alpha value is -2.27. The number of phenolic OH excluding ortho intramolecular Hbond substituents is 1. The standard InChI is InChI=1S/C13H9NO/c14-9-12-7-6-11(8-13(12)15)10-4-2-1-3-5-10/h1-8,15H. The second-order valence-corrected chi connectivity index (χ2v) is 3.21. The summed E-state index contributed by atoms with van der Waals surface area (Å²) in [6, 6.07) is 16.7. The quantitative estimate of drug-likeness (QED) is 0.760. The molecule has 15 heavy (non-hydrogen) atoms. The normalized spacial score (nSPS) is 9.53. The molecule has 0 aliphatic rings. The van der Waals surface area contributed by atoms with Gasteiger partial charge in [-0.3, -0.25) is 0 Å². The predicted octanol–water partition coefficient (Wildman–Crippen LogP) is 2.93. The molecule has 0 aliphatic heterocycles. The molecule has 0 saturated heterocycles. The Balaban J connectivity index is 2.49. The Morgan fingerprint density at radius 1 is 0.933 bits per heavy atom. The van der Waals surface area contributed by atoms with Crippen LogP contribution in [0.15, 0.2) is 48.5 Å². The fourth-order valence-corrected chi connectivity index (χ4v) is 1.44. The minimum atomic E-state index is 0.0267. The van der Waals surface area contributed by atoms with Crippen molar-refractivity contribution in [3.8, 4) is 22.9 Å². The summed E-state index contributed by atoms with van der Waals surface area (Å²) in [6.07, 6.45) is 0. The third-order valence-corrected chi connectivity index (χ3v) is 2.23. The van der Waals surface area contributed by atoms with E-state index in [4.69, 9.17) is 5.26 Å². The average Bonchev–Trinajstić information content (AvgIpc) is 2.30. The van der Waals surface area contributed by atoms with Gasteiger partial charge in [-0.05, 0) is 23.3 Å². The molecule has 0 aliphatic carbocycles. The largest absolute Gasteiger partial charge is 0.507 e. The van der Waals surface area contributed by atoms with Crippen molar-refractivity contribution < 1.29 is 5.11 Å². The summed E-state index contributed by atoms with van der Waals surface area (Å²) in [6.45, 7) is 0. The van der Waals surface area contributed by atoms with Crippen LogP contribution >= 0.6 is 0 Å². The number of rotatable bonds is 1. The molecule has 2 heteroatoms. The first-order valence-electron chi connectivity index (χ1n) is 4.60. The van der Waals surface area contributed by atoms with Crippen molar-refractivity contribution in [3.05, 3.63) is 54.1 Å². The average molecular weight is 195 g/mol. The molecule has 0 heterocycles. The molecule has 2 nitrogen and oxygen atoms in total. The lowest BCUT2D eigenvalue weighted by Crippen LogP contribution is -1.80. The lowest BCUT2D eigenvalue weighted by atomic mass is 10.0. The van der Waals surface area contributed by atoms with E-state index in [0.29, 0.717) is 5.56 Å². The highest BCUT2D eigenvalue weighted by Crippen LogP contribution is 2.25. The minimum Gasteiger partial charge on any atom is -0.507 e. The maximum atomic E-state index is 9.53. The fourth-order valence-electron chi connectivity index (χ4n) is 1.44. The van der Waals surface area contributed by atoms with Gasteiger partial charge in [-0.15, -0.1) is 0 Å². The summed E-state index contributed by atoms with van der Waals surface area (Å²) in [5.74, 6) is 0.0267. The van der Waals surface area contributed by atoms with Crippen LogP contribution in [0.25, 0.3) is 11.1 Å². The van der Waals surface area contributed by atoms with Gasteiger partial charge in [-0.25, -0.2) is 0 Å². The van der Waals surface area contributed by atoms with E-state index in [1.54, 1.807) is 12.1 Å². The summed E-state index contributed by atoms with van der Waals surface area (Å²) in [5.41, 5.74) is 2.24. The first-order chi connectivity index (χ1) is 7.31. The fraction of sp³-hybridized carbons (Fsp3) is 0. The number of benzene rings is 2. The van der Waals surface area contributed by atoms with Crippen molar-refractivity contribution in [1.82, 2.24) is 0 Å². The highest BCUT2D eigenvalue weighted by Gasteiger charge is 2.02. The third kappa shape index (κ3) is 1.82. The van der Waals surface area contributed by atoms with Crippen molar-refractivity contribution in [1.29, 1.82) is 5.26 Å². The van der Waals surface area contributed by atoms with Gasteiger partial charge < -0.3 is 5.11 Å². The number of phenols is 1. The number of nitriles is 1. The summed E-state index contributed by atoms with van der Waals surface area (Å²) >= 11 is 0. The molecule has 0 radical (unpaired) electrons. The Kier molecular flexibility index (Phi) is 2.38. The van der Waals surface area contributed by atoms with Gasteiger partial charge in [0, 0.05) is 0 Å². The summed E-state index contributed by atoms with van der Waals surface area (Å²) in [7, 11) is 0. The van der Waals surface area contributed by atoms with Crippen molar-refractivity contribution in [2.45, 2.75) is 0 Å². The van der Waals surface area contributed by atoms with Gasteiger partial charge in [0.2, 0.25) is 0 Å². The maximum Gasteiger partial charge on any atom is 0.133 e. The Labute approximate surface area is 88.0 Å². The molecular weight excluding hydrogens is 186 g/mol. The number of aromatic hydroxyl groups is 1. The molecule has 0 aromatic heterocycles. The van der Waals surface area contributed by atoms with Crippen LogP contribution < -0.4 is 0 Å². The Bertz CT molecular complexity index is 512. The van der Waals surface area contributed by atoms with E-state index in [-0.39, 0.29) is 5.75 Å². The first-order valence-corrected chi connectivity index (χ1v) is 4.60. The molecule has 2 aromatic rings. The van der Waals surface area contributed by atoms with E-state index in [0.717, 1.165) is 11.1 Å². The van der Waals surface area contributed by atoms with Crippen LogP contribution in [0.3, 0.4) is 0 Å². The highest BCUT2D eigenvalue weighted by atomic mass is 16.3. The van der Waals surface area contributed by atoms with E-state index in [9.17, 15) is 5.11 Å². The molecule has 2 aromatic carbocycles. The van der Waals surface area contributed by atoms with Gasteiger partial charge in [0.05, 0.1) is 5.56 Å². The lowest BCUT2D eigenvalue weighted by molar-refractivity contribution is 0.474. The number of hydrogen-bond acceptors (Lipinski definition) is 2.